The molecule has 5 heteroatoms. The second-order valence-corrected chi connectivity index (χ2v) is 2.07. The molecule has 1 aromatic heterocycles. The number of hydrogen-bond acceptors (Lipinski definition) is 3. The number of H-pyrrole nitrogens is 1. The fourth-order valence-corrected chi connectivity index (χ4v) is 0.837. The quantitative estimate of drug-likeness (QED) is 0.562. The van der Waals surface area contributed by atoms with Crippen LogP contribution in [0.2, 0.25) is 0 Å². The predicted molar refractivity (Wildman–Crippen MR) is 38.0 cm³/mol. The van der Waals surface area contributed by atoms with Crippen LogP contribution < -0.4 is 5.32 Å². The zero-order valence-corrected chi connectivity index (χ0v) is 6.03. The molecular formula is C6H9N3O2. The van der Waals surface area contributed by atoms with Gasteiger partial charge in [0.1, 0.15) is 6.04 Å². The van der Waals surface area contributed by atoms with Crippen LogP contribution in [0.5, 0.6) is 0 Å². The minimum absolute atomic E-state index is 0.556. The molecule has 5 nitrogen and oxygen atoms in total. The van der Waals surface area contributed by atoms with E-state index in [9.17, 15) is 4.79 Å². The van der Waals surface area contributed by atoms with Crippen molar-refractivity contribution in [1.29, 1.82) is 0 Å². The number of likely N-dealkylation sites (N-methyl/N-ethyl adjacent to an activating group) is 1. The standard InChI is InChI=1S/C6H9N3O2/c1-7-5(6(10)11)4-2-8-3-9-4/h2-3,5,7H,1H3,(H,8,9)(H,10,11). The van der Waals surface area contributed by atoms with Gasteiger partial charge in [-0.25, -0.2) is 4.98 Å². The highest BCUT2D eigenvalue weighted by Gasteiger charge is 2.17. The maximum atomic E-state index is 10.5. The zero-order chi connectivity index (χ0) is 8.27. The van der Waals surface area contributed by atoms with Crippen LogP contribution in [0.1, 0.15) is 11.7 Å². The van der Waals surface area contributed by atoms with Crippen LogP contribution >= 0.6 is 0 Å². The summed E-state index contributed by atoms with van der Waals surface area (Å²) in [4.78, 5) is 16.9. The van der Waals surface area contributed by atoms with Crippen molar-refractivity contribution >= 4 is 5.97 Å². The summed E-state index contributed by atoms with van der Waals surface area (Å²) in [5, 5.41) is 11.3. The lowest BCUT2D eigenvalue weighted by Crippen LogP contribution is -2.25. The second-order valence-electron chi connectivity index (χ2n) is 2.07. The monoisotopic (exact) mass is 155 g/mol. The van der Waals surface area contributed by atoms with E-state index in [1.54, 1.807) is 7.05 Å². The molecule has 0 bridgehead atoms. The van der Waals surface area contributed by atoms with Gasteiger partial charge in [-0.2, -0.15) is 0 Å². The van der Waals surface area contributed by atoms with Gasteiger partial charge in [-0.3, -0.25) is 4.79 Å². The average molecular weight is 155 g/mol. The lowest BCUT2D eigenvalue weighted by Gasteiger charge is -2.06. The predicted octanol–water partition coefficient (Wildman–Crippen LogP) is -0.245. The van der Waals surface area contributed by atoms with Crippen LogP contribution in [-0.4, -0.2) is 28.1 Å². The van der Waals surface area contributed by atoms with Gasteiger partial charge in [0.25, 0.3) is 0 Å². The van der Waals surface area contributed by atoms with Crippen LogP contribution in [0.25, 0.3) is 0 Å². The number of rotatable bonds is 3. The number of carbonyl (C=O) groups is 1. The Bertz CT molecular complexity index is 232. The van der Waals surface area contributed by atoms with E-state index in [0.717, 1.165) is 0 Å². The van der Waals surface area contributed by atoms with E-state index in [2.05, 4.69) is 15.3 Å². The molecule has 1 heterocycles. The molecule has 0 amide bonds. The first kappa shape index (κ1) is 7.74. The van der Waals surface area contributed by atoms with Gasteiger partial charge < -0.3 is 15.4 Å². The first-order chi connectivity index (χ1) is 5.25. The maximum absolute atomic E-state index is 10.5. The van der Waals surface area contributed by atoms with Crippen LogP contribution in [0.15, 0.2) is 12.5 Å². The van der Waals surface area contributed by atoms with Gasteiger partial charge in [0.15, 0.2) is 0 Å². The van der Waals surface area contributed by atoms with Crippen molar-refractivity contribution in [1.82, 2.24) is 15.3 Å². The molecular weight excluding hydrogens is 146 g/mol. The first-order valence-electron chi connectivity index (χ1n) is 3.14. The van der Waals surface area contributed by atoms with E-state index in [4.69, 9.17) is 5.11 Å². The van der Waals surface area contributed by atoms with Crippen LogP contribution in [-0.2, 0) is 4.79 Å². The van der Waals surface area contributed by atoms with E-state index >= 15 is 0 Å². The summed E-state index contributed by atoms with van der Waals surface area (Å²) < 4.78 is 0. The topological polar surface area (TPSA) is 78.0 Å². The normalized spacial score (nSPS) is 12.8. The summed E-state index contributed by atoms with van der Waals surface area (Å²) in [6, 6.07) is -0.697. The largest absolute Gasteiger partial charge is 0.480 e. The lowest BCUT2D eigenvalue weighted by atomic mass is 10.2. The molecule has 0 aliphatic heterocycles. The Morgan fingerprint density at radius 1 is 1.91 bits per heavy atom. The summed E-state index contributed by atoms with van der Waals surface area (Å²) in [5.74, 6) is -0.920. The minimum Gasteiger partial charge on any atom is -0.480 e. The van der Waals surface area contributed by atoms with E-state index in [0.29, 0.717) is 5.69 Å². The molecule has 11 heavy (non-hydrogen) atoms. The number of nitrogens with one attached hydrogen (secondary N) is 2. The lowest BCUT2D eigenvalue weighted by molar-refractivity contribution is -0.139. The number of carboxylic acid groups (broad SMARTS) is 1. The van der Waals surface area contributed by atoms with Gasteiger partial charge in [0.05, 0.1) is 18.2 Å². The van der Waals surface area contributed by atoms with Gasteiger partial charge in [-0.05, 0) is 7.05 Å². The highest BCUT2D eigenvalue weighted by molar-refractivity contribution is 5.74. The summed E-state index contributed by atoms with van der Waals surface area (Å²) >= 11 is 0. The Hall–Kier alpha value is -1.36. The van der Waals surface area contributed by atoms with Gasteiger partial charge in [0.2, 0.25) is 0 Å². The van der Waals surface area contributed by atoms with Crippen LogP contribution in [0.3, 0.4) is 0 Å². The fraction of sp³-hybridized carbons (Fsp3) is 0.333. The summed E-state index contributed by atoms with van der Waals surface area (Å²) in [6.07, 6.45) is 2.93. The third-order valence-corrected chi connectivity index (χ3v) is 1.37. The van der Waals surface area contributed by atoms with Crippen molar-refractivity contribution < 1.29 is 9.90 Å². The number of imidazole rings is 1. The molecule has 1 unspecified atom stereocenters. The molecule has 0 aromatic carbocycles. The number of aromatic amines is 1. The fourth-order valence-electron chi connectivity index (χ4n) is 0.837. The number of nitrogens with zero attached hydrogens (tertiary/aromatic N) is 1. The van der Waals surface area contributed by atoms with Gasteiger partial charge in [-0.1, -0.05) is 0 Å². The highest BCUT2D eigenvalue weighted by Crippen LogP contribution is 2.06. The molecule has 1 atom stereocenters. The molecule has 0 saturated heterocycles. The number of carboxylic acids is 1. The molecule has 0 spiro atoms. The maximum Gasteiger partial charge on any atom is 0.326 e. The van der Waals surface area contributed by atoms with Gasteiger partial charge >= 0.3 is 5.97 Å². The van der Waals surface area contributed by atoms with E-state index in [1.165, 1.54) is 12.5 Å². The van der Waals surface area contributed by atoms with E-state index < -0.39 is 12.0 Å². The highest BCUT2D eigenvalue weighted by atomic mass is 16.4. The third kappa shape index (κ3) is 1.56. The molecule has 0 fully saturated rings. The van der Waals surface area contributed by atoms with Crippen LogP contribution in [0, 0.1) is 0 Å². The first-order valence-corrected chi connectivity index (χ1v) is 3.14. The molecule has 60 valence electrons. The Morgan fingerprint density at radius 2 is 2.64 bits per heavy atom. The van der Waals surface area contributed by atoms with Crippen molar-refractivity contribution in [2.24, 2.45) is 0 Å². The van der Waals surface area contributed by atoms with Crippen molar-refractivity contribution in [3.63, 3.8) is 0 Å². The number of aliphatic carboxylic acids is 1. The van der Waals surface area contributed by atoms with Crippen molar-refractivity contribution in [3.8, 4) is 0 Å². The zero-order valence-electron chi connectivity index (χ0n) is 6.03. The van der Waals surface area contributed by atoms with Crippen LogP contribution in [0.4, 0.5) is 0 Å². The molecule has 1 rings (SSSR count). The summed E-state index contributed by atoms with van der Waals surface area (Å²) in [5.41, 5.74) is 0.556. The Labute approximate surface area is 63.5 Å². The number of aromatic nitrogens is 2. The van der Waals surface area contributed by atoms with E-state index in [-0.39, 0.29) is 0 Å². The average Bonchev–Trinajstić information content (AvgIpc) is 2.40. The molecule has 0 aliphatic carbocycles. The van der Waals surface area contributed by atoms with Gasteiger partial charge in [-0.15, -0.1) is 0 Å². The molecule has 0 saturated carbocycles. The van der Waals surface area contributed by atoms with Crippen molar-refractivity contribution in [3.05, 3.63) is 18.2 Å². The second kappa shape index (κ2) is 3.16. The Balaban J connectivity index is 2.79. The molecule has 1 aromatic rings. The Kier molecular flexibility index (Phi) is 2.22. The van der Waals surface area contributed by atoms with Crippen molar-refractivity contribution in [2.75, 3.05) is 7.05 Å². The number of hydrogen-bond donors (Lipinski definition) is 3. The smallest absolute Gasteiger partial charge is 0.326 e. The van der Waals surface area contributed by atoms with Crippen molar-refractivity contribution in [2.45, 2.75) is 6.04 Å². The third-order valence-electron chi connectivity index (χ3n) is 1.37. The summed E-state index contributed by atoms with van der Waals surface area (Å²) in [7, 11) is 1.58. The molecule has 0 aliphatic rings. The minimum atomic E-state index is -0.920. The SMILES string of the molecule is CNC(C(=O)O)c1cnc[nH]1. The van der Waals surface area contributed by atoms with E-state index in [1.807, 2.05) is 0 Å². The molecule has 3 N–H and O–H groups in total. The Morgan fingerprint density at radius 3 is 3.00 bits per heavy atom. The molecule has 0 radical (unpaired) electrons. The summed E-state index contributed by atoms with van der Waals surface area (Å²) in [6.45, 7) is 0. The van der Waals surface area contributed by atoms with Gasteiger partial charge in [0, 0.05) is 0 Å².